The van der Waals surface area contributed by atoms with Crippen LogP contribution in [0.5, 0.6) is 0 Å². The first-order valence-corrected chi connectivity index (χ1v) is 7.54. The van der Waals surface area contributed by atoms with E-state index >= 15 is 0 Å². The van der Waals surface area contributed by atoms with Gasteiger partial charge in [-0.05, 0) is 58.8 Å². The molecular formula is C13H16FN5S. The van der Waals surface area contributed by atoms with Crippen LogP contribution in [0.15, 0.2) is 28.3 Å². The van der Waals surface area contributed by atoms with E-state index in [-0.39, 0.29) is 5.82 Å². The number of nitrogens with two attached hydrogens (primary N) is 1. The highest BCUT2D eigenvalue weighted by molar-refractivity contribution is 7.99. The molecule has 1 aliphatic carbocycles. The highest BCUT2D eigenvalue weighted by Gasteiger charge is 2.22. The maximum atomic E-state index is 13.2. The van der Waals surface area contributed by atoms with Crippen molar-refractivity contribution < 1.29 is 4.39 Å². The van der Waals surface area contributed by atoms with Crippen LogP contribution in [0, 0.1) is 5.82 Å². The summed E-state index contributed by atoms with van der Waals surface area (Å²) in [6, 6.07) is 5.02. The van der Waals surface area contributed by atoms with Crippen LogP contribution >= 0.6 is 11.8 Å². The zero-order valence-electron chi connectivity index (χ0n) is 11.0. The minimum Gasteiger partial charge on any atom is -0.326 e. The van der Waals surface area contributed by atoms with Crippen LogP contribution in [-0.2, 0) is 6.54 Å². The summed E-state index contributed by atoms with van der Waals surface area (Å²) in [6.45, 7) is 0.297. The third kappa shape index (κ3) is 2.69. The maximum absolute atomic E-state index is 13.2. The summed E-state index contributed by atoms with van der Waals surface area (Å²) in [5.74, 6) is -0.273. The fourth-order valence-electron chi connectivity index (χ4n) is 2.54. The molecule has 0 atom stereocenters. The van der Waals surface area contributed by atoms with E-state index in [0.29, 0.717) is 12.6 Å². The van der Waals surface area contributed by atoms with E-state index in [2.05, 4.69) is 15.5 Å². The van der Waals surface area contributed by atoms with Gasteiger partial charge in [0.1, 0.15) is 5.82 Å². The first-order chi connectivity index (χ1) is 9.78. The van der Waals surface area contributed by atoms with Gasteiger partial charge in [0.2, 0.25) is 5.16 Å². The highest BCUT2D eigenvalue weighted by Crippen LogP contribution is 2.34. The lowest BCUT2D eigenvalue weighted by molar-refractivity contribution is 0.423. The highest BCUT2D eigenvalue weighted by atomic mass is 32.2. The Balaban J connectivity index is 1.86. The van der Waals surface area contributed by atoms with Crippen molar-refractivity contribution in [2.24, 2.45) is 5.73 Å². The Hall–Kier alpha value is -1.47. The van der Waals surface area contributed by atoms with E-state index in [4.69, 9.17) is 5.73 Å². The molecule has 20 heavy (non-hydrogen) atoms. The van der Waals surface area contributed by atoms with Gasteiger partial charge < -0.3 is 5.73 Å². The zero-order valence-corrected chi connectivity index (χ0v) is 11.8. The Labute approximate surface area is 120 Å². The van der Waals surface area contributed by atoms with E-state index < -0.39 is 0 Å². The van der Waals surface area contributed by atoms with Crippen LogP contribution in [-0.4, -0.2) is 20.2 Å². The summed E-state index contributed by atoms with van der Waals surface area (Å²) in [7, 11) is 0. The van der Waals surface area contributed by atoms with Crippen molar-refractivity contribution in [3.05, 3.63) is 29.6 Å². The predicted molar refractivity (Wildman–Crippen MR) is 73.7 cm³/mol. The van der Waals surface area contributed by atoms with Gasteiger partial charge >= 0.3 is 0 Å². The number of halogens is 1. The summed E-state index contributed by atoms with van der Waals surface area (Å²) < 4.78 is 15.1. The van der Waals surface area contributed by atoms with Crippen molar-refractivity contribution in [1.82, 2.24) is 20.2 Å². The molecule has 1 saturated carbocycles. The van der Waals surface area contributed by atoms with Gasteiger partial charge in [-0.25, -0.2) is 9.07 Å². The molecular weight excluding hydrogens is 277 g/mol. The molecule has 0 amide bonds. The molecule has 1 aromatic heterocycles. The van der Waals surface area contributed by atoms with Crippen molar-refractivity contribution in [3.8, 4) is 0 Å². The normalized spacial score (nSPS) is 15.9. The average Bonchev–Trinajstić information content (AvgIpc) is 3.11. The average molecular weight is 293 g/mol. The number of benzene rings is 1. The topological polar surface area (TPSA) is 69.6 Å². The molecule has 106 valence electrons. The molecule has 1 heterocycles. The second kappa shape index (κ2) is 5.88. The van der Waals surface area contributed by atoms with Gasteiger partial charge in [0.15, 0.2) is 0 Å². The molecule has 2 aromatic rings. The molecule has 0 radical (unpaired) electrons. The van der Waals surface area contributed by atoms with Gasteiger partial charge in [0.05, 0.1) is 6.04 Å². The molecule has 0 saturated heterocycles. The lowest BCUT2D eigenvalue weighted by Crippen LogP contribution is -2.08. The molecule has 1 aromatic carbocycles. The maximum Gasteiger partial charge on any atom is 0.214 e. The molecule has 0 unspecified atom stereocenters. The summed E-state index contributed by atoms with van der Waals surface area (Å²) in [5.41, 5.74) is 6.44. The van der Waals surface area contributed by atoms with Crippen molar-refractivity contribution in [3.63, 3.8) is 0 Å². The molecule has 0 bridgehead atoms. The van der Waals surface area contributed by atoms with Crippen molar-refractivity contribution in [1.29, 1.82) is 0 Å². The van der Waals surface area contributed by atoms with E-state index in [0.717, 1.165) is 28.5 Å². The Bertz CT molecular complexity index is 594. The fourth-order valence-corrected chi connectivity index (χ4v) is 3.50. The summed E-state index contributed by atoms with van der Waals surface area (Å²) in [5, 5.41) is 12.7. The van der Waals surface area contributed by atoms with Gasteiger partial charge in [-0.2, -0.15) is 0 Å². The summed E-state index contributed by atoms with van der Waals surface area (Å²) >= 11 is 1.45. The molecule has 3 rings (SSSR count). The minimum atomic E-state index is -0.273. The molecule has 1 fully saturated rings. The fraction of sp³-hybridized carbons (Fsp3) is 0.462. The lowest BCUT2D eigenvalue weighted by atomic mass is 10.2. The molecule has 5 nitrogen and oxygen atoms in total. The summed E-state index contributed by atoms with van der Waals surface area (Å²) in [4.78, 5) is 0.906. The van der Waals surface area contributed by atoms with E-state index in [1.807, 2.05) is 4.68 Å². The number of hydrogen-bond acceptors (Lipinski definition) is 5. The number of nitrogens with zero attached hydrogens (tertiary/aromatic N) is 4. The smallest absolute Gasteiger partial charge is 0.214 e. The van der Waals surface area contributed by atoms with Crippen LogP contribution in [0.3, 0.4) is 0 Å². The monoisotopic (exact) mass is 293 g/mol. The van der Waals surface area contributed by atoms with Crippen LogP contribution in [0.4, 0.5) is 4.39 Å². The second-order valence-corrected chi connectivity index (χ2v) is 5.91. The Morgan fingerprint density at radius 3 is 2.90 bits per heavy atom. The molecule has 0 spiro atoms. The predicted octanol–water partition coefficient (Wildman–Crippen LogP) is 2.54. The zero-order chi connectivity index (χ0) is 13.9. The van der Waals surface area contributed by atoms with Crippen LogP contribution < -0.4 is 5.73 Å². The standard InChI is InChI=1S/C13H16FN5S/c14-10-5-6-12(9(7-10)8-15)20-13-16-17-18-19(13)11-3-1-2-4-11/h5-7,11H,1-4,8,15H2. The SMILES string of the molecule is NCc1cc(F)ccc1Sc1nnnn1C1CCCC1. The lowest BCUT2D eigenvalue weighted by Gasteiger charge is -2.12. The van der Waals surface area contributed by atoms with Crippen LogP contribution in [0.25, 0.3) is 0 Å². The van der Waals surface area contributed by atoms with E-state index in [1.165, 1.54) is 36.7 Å². The third-order valence-electron chi connectivity index (χ3n) is 3.58. The van der Waals surface area contributed by atoms with E-state index in [9.17, 15) is 4.39 Å². The van der Waals surface area contributed by atoms with Gasteiger partial charge in [-0.1, -0.05) is 12.8 Å². The molecule has 7 heteroatoms. The number of hydrogen-bond donors (Lipinski definition) is 1. The molecule has 1 aliphatic rings. The number of tetrazole rings is 1. The van der Waals surface area contributed by atoms with E-state index in [1.54, 1.807) is 6.07 Å². The van der Waals surface area contributed by atoms with Gasteiger partial charge in [0, 0.05) is 11.4 Å². The second-order valence-electron chi connectivity index (χ2n) is 4.90. The van der Waals surface area contributed by atoms with Crippen LogP contribution in [0.2, 0.25) is 0 Å². The molecule has 0 aliphatic heterocycles. The largest absolute Gasteiger partial charge is 0.326 e. The molecule has 2 N–H and O–H groups in total. The first kappa shape index (κ1) is 13.5. The minimum absolute atomic E-state index is 0.273. The van der Waals surface area contributed by atoms with Gasteiger partial charge in [0.25, 0.3) is 0 Å². The van der Waals surface area contributed by atoms with Crippen molar-refractivity contribution >= 4 is 11.8 Å². The van der Waals surface area contributed by atoms with Crippen LogP contribution in [0.1, 0.15) is 37.3 Å². The van der Waals surface area contributed by atoms with Gasteiger partial charge in [-0.15, -0.1) is 5.10 Å². The third-order valence-corrected chi connectivity index (χ3v) is 4.65. The van der Waals surface area contributed by atoms with Crippen molar-refractivity contribution in [2.45, 2.75) is 48.3 Å². The first-order valence-electron chi connectivity index (χ1n) is 6.72. The quantitative estimate of drug-likeness (QED) is 0.938. The Morgan fingerprint density at radius 1 is 1.35 bits per heavy atom. The Morgan fingerprint density at radius 2 is 2.15 bits per heavy atom. The Kier molecular flexibility index (Phi) is 3.98. The summed E-state index contributed by atoms with van der Waals surface area (Å²) in [6.07, 6.45) is 4.68. The van der Waals surface area contributed by atoms with Gasteiger partial charge in [-0.3, -0.25) is 0 Å². The number of rotatable bonds is 4. The van der Waals surface area contributed by atoms with Crippen molar-refractivity contribution in [2.75, 3.05) is 0 Å². The number of aromatic nitrogens is 4.